The SMILES string of the molecule is O=c1cc(Cl)[nH]c(=O)n1C12CC3CC(CC(C3)C1)C2. The fourth-order valence-corrected chi connectivity index (χ4v) is 5.43. The zero-order valence-electron chi connectivity index (χ0n) is 10.7. The Morgan fingerprint density at radius 2 is 1.63 bits per heavy atom. The molecule has 4 fully saturated rings. The Kier molecular flexibility index (Phi) is 2.32. The Labute approximate surface area is 115 Å². The van der Waals surface area contributed by atoms with Crippen LogP contribution >= 0.6 is 11.6 Å². The standard InChI is InChI=1S/C14H17ClN2O2/c15-11-4-12(18)17(13(19)16-11)14-5-8-1-9(6-14)3-10(2-8)7-14/h4,8-10H,1-3,5-7H2,(H,16,19). The molecule has 4 nitrogen and oxygen atoms in total. The molecule has 0 atom stereocenters. The van der Waals surface area contributed by atoms with Crippen LogP contribution in [0.4, 0.5) is 0 Å². The highest BCUT2D eigenvalue weighted by molar-refractivity contribution is 6.29. The van der Waals surface area contributed by atoms with Crippen LogP contribution in [0.3, 0.4) is 0 Å². The van der Waals surface area contributed by atoms with E-state index in [0.29, 0.717) is 17.8 Å². The van der Waals surface area contributed by atoms with Gasteiger partial charge in [0.05, 0.1) is 5.54 Å². The molecule has 5 heteroatoms. The number of hydrogen-bond donors (Lipinski definition) is 1. The number of aromatic nitrogens is 2. The molecule has 1 aromatic heterocycles. The third-order valence-corrected chi connectivity index (χ3v) is 5.58. The molecule has 0 radical (unpaired) electrons. The van der Waals surface area contributed by atoms with Gasteiger partial charge >= 0.3 is 5.69 Å². The fraction of sp³-hybridized carbons (Fsp3) is 0.714. The van der Waals surface area contributed by atoms with Crippen molar-refractivity contribution >= 4 is 11.6 Å². The maximum absolute atomic E-state index is 12.2. The normalized spacial score (nSPS) is 39.7. The van der Waals surface area contributed by atoms with Crippen molar-refractivity contribution in [2.24, 2.45) is 17.8 Å². The average Bonchev–Trinajstić information content (AvgIpc) is 2.24. The van der Waals surface area contributed by atoms with Gasteiger partial charge in [-0.15, -0.1) is 0 Å². The van der Waals surface area contributed by atoms with E-state index >= 15 is 0 Å². The van der Waals surface area contributed by atoms with Gasteiger partial charge in [-0.2, -0.15) is 0 Å². The molecule has 1 aromatic rings. The highest BCUT2D eigenvalue weighted by Crippen LogP contribution is 2.58. The lowest BCUT2D eigenvalue weighted by atomic mass is 9.53. The van der Waals surface area contributed by atoms with Crippen LogP contribution in [0.5, 0.6) is 0 Å². The lowest BCUT2D eigenvalue weighted by Gasteiger charge is -2.56. The van der Waals surface area contributed by atoms with Gasteiger partial charge in [-0.1, -0.05) is 11.6 Å². The number of nitrogens with zero attached hydrogens (tertiary/aromatic N) is 1. The highest BCUT2D eigenvalue weighted by atomic mass is 35.5. The first-order valence-corrected chi connectivity index (χ1v) is 7.46. The molecule has 4 aliphatic carbocycles. The van der Waals surface area contributed by atoms with Crippen molar-refractivity contribution < 1.29 is 0 Å². The Balaban J connectivity index is 1.89. The lowest BCUT2D eigenvalue weighted by Crippen LogP contribution is -2.58. The molecule has 0 amide bonds. The van der Waals surface area contributed by atoms with Gasteiger partial charge in [0.2, 0.25) is 0 Å². The average molecular weight is 281 g/mol. The van der Waals surface area contributed by atoms with Gasteiger partial charge in [0, 0.05) is 6.07 Å². The quantitative estimate of drug-likeness (QED) is 0.801. The van der Waals surface area contributed by atoms with E-state index in [1.54, 1.807) is 0 Å². The summed E-state index contributed by atoms with van der Waals surface area (Å²) in [6, 6.07) is 1.33. The van der Waals surface area contributed by atoms with E-state index in [4.69, 9.17) is 11.6 Å². The first kappa shape index (κ1) is 11.8. The molecule has 102 valence electrons. The van der Waals surface area contributed by atoms with Gasteiger partial charge in [0.1, 0.15) is 5.15 Å². The second kappa shape index (κ2) is 3.75. The summed E-state index contributed by atoms with van der Waals surface area (Å²) in [5.74, 6) is 2.11. The van der Waals surface area contributed by atoms with E-state index in [1.165, 1.54) is 29.9 Å². The first-order chi connectivity index (χ1) is 9.06. The Morgan fingerprint density at radius 3 is 2.11 bits per heavy atom. The summed E-state index contributed by atoms with van der Waals surface area (Å²) >= 11 is 5.76. The van der Waals surface area contributed by atoms with E-state index < -0.39 is 0 Å². The second-order valence-electron chi connectivity index (χ2n) is 6.74. The molecule has 1 N–H and O–H groups in total. The molecule has 0 spiro atoms. The number of nitrogens with one attached hydrogen (secondary N) is 1. The summed E-state index contributed by atoms with van der Waals surface area (Å²) in [4.78, 5) is 27.0. The van der Waals surface area contributed by atoms with Gasteiger partial charge in [0.25, 0.3) is 5.56 Å². The molecule has 19 heavy (non-hydrogen) atoms. The van der Waals surface area contributed by atoms with Crippen LogP contribution in [0, 0.1) is 17.8 Å². The number of halogens is 1. The topological polar surface area (TPSA) is 54.9 Å². The number of rotatable bonds is 1. The Morgan fingerprint density at radius 1 is 1.11 bits per heavy atom. The predicted octanol–water partition coefficient (Wildman–Crippen LogP) is 2.12. The van der Waals surface area contributed by atoms with Crippen molar-refractivity contribution in [2.75, 3.05) is 0 Å². The number of hydrogen-bond acceptors (Lipinski definition) is 2. The van der Waals surface area contributed by atoms with Crippen LogP contribution in [-0.4, -0.2) is 9.55 Å². The first-order valence-electron chi connectivity index (χ1n) is 7.08. The monoisotopic (exact) mass is 280 g/mol. The smallest absolute Gasteiger partial charge is 0.298 e. The van der Waals surface area contributed by atoms with E-state index in [9.17, 15) is 9.59 Å². The zero-order chi connectivity index (χ0) is 13.2. The molecule has 4 bridgehead atoms. The molecule has 0 saturated heterocycles. The molecule has 4 aliphatic rings. The van der Waals surface area contributed by atoms with Crippen LogP contribution in [-0.2, 0) is 5.54 Å². The maximum atomic E-state index is 12.2. The minimum atomic E-state index is -0.334. The van der Waals surface area contributed by atoms with Crippen molar-refractivity contribution in [1.82, 2.24) is 9.55 Å². The van der Waals surface area contributed by atoms with Crippen molar-refractivity contribution in [2.45, 2.75) is 44.1 Å². The van der Waals surface area contributed by atoms with E-state index in [1.807, 2.05) is 0 Å². The van der Waals surface area contributed by atoms with Crippen LogP contribution in [0.2, 0.25) is 5.15 Å². The summed E-state index contributed by atoms with van der Waals surface area (Å²) in [6.45, 7) is 0. The van der Waals surface area contributed by atoms with Crippen LogP contribution in [0.1, 0.15) is 38.5 Å². The van der Waals surface area contributed by atoms with Crippen LogP contribution < -0.4 is 11.2 Å². The third-order valence-electron chi connectivity index (χ3n) is 5.38. The van der Waals surface area contributed by atoms with Gasteiger partial charge in [-0.05, 0) is 56.3 Å². The molecular formula is C14H17ClN2O2. The van der Waals surface area contributed by atoms with Gasteiger partial charge in [0.15, 0.2) is 0 Å². The van der Waals surface area contributed by atoms with Crippen molar-refractivity contribution in [3.8, 4) is 0 Å². The van der Waals surface area contributed by atoms with Crippen molar-refractivity contribution in [1.29, 1.82) is 0 Å². The largest absolute Gasteiger partial charge is 0.329 e. The molecule has 0 aliphatic heterocycles. The fourth-order valence-electron chi connectivity index (χ4n) is 5.26. The summed E-state index contributed by atoms with van der Waals surface area (Å²) in [6.07, 6.45) is 6.84. The summed E-state index contributed by atoms with van der Waals surface area (Å²) < 4.78 is 1.48. The predicted molar refractivity (Wildman–Crippen MR) is 72.5 cm³/mol. The molecule has 5 rings (SSSR count). The summed E-state index contributed by atoms with van der Waals surface area (Å²) in [5.41, 5.74) is -0.806. The minimum absolute atomic E-state index is 0.135. The lowest BCUT2D eigenvalue weighted by molar-refractivity contribution is -0.0470. The van der Waals surface area contributed by atoms with E-state index in [0.717, 1.165) is 19.3 Å². The molecule has 1 heterocycles. The maximum Gasteiger partial charge on any atom is 0.329 e. The molecular weight excluding hydrogens is 264 g/mol. The Bertz CT molecular complexity index is 579. The molecule has 0 aromatic carbocycles. The number of H-pyrrole nitrogens is 1. The Hall–Kier alpha value is -1.03. The van der Waals surface area contributed by atoms with Crippen molar-refractivity contribution in [3.63, 3.8) is 0 Å². The summed E-state index contributed by atoms with van der Waals surface area (Å²) in [5, 5.41) is 0.135. The zero-order valence-corrected chi connectivity index (χ0v) is 11.4. The van der Waals surface area contributed by atoms with Crippen LogP contribution in [0.15, 0.2) is 15.7 Å². The summed E-state index contributed by atoms with van der Waals surface area (Å²) in [7, 11) is 0. The van der Waals surface area contributed by atoms with Gasteiger partial charge in [-0.3, -0.25) is 14.3 Å². The molecule has 0 unspecified atom stereocenters. The van der Waals surface area contributed by atoms with E-state index in [2.05, 4.69) is 4.98 Å². The highest BCUT2D eigenvalue weighted by Gasteiger charge is 2.52. The minimum Gasteiger partial charge on any atom is -0.298 e. The number of aromatic amines is 1. The van der Waals surface area contributed by atoms with Crippen molar-refractivity contribution in [3.05, 3.63) is 32.1 Å². The second-order valence-corrected chi connectivity index (χ2v) is 7.15. The van der Waals surface area contributed by atoms with Gasteiger partial charge < -0.3 is 0 Å². The molecule has 4 saturated carbocycles. The van der Waals surface area contributed by atoms with Gasteiger partial charge in [-0.25, -0.2) is 4.79 Å². The third kappa shape index (κ3) is 1.65. The van der Waals surface area contributed by atoms with Crippen LogP contribution in [0.25, 0.3) is 0 Å². The van der Waals surface area contributed by atoms with E-state index in [-0.39, 0.29) is 21.9 Å².